The van der Waals surface area contributed by atoms with Crippen molar-refractivity contribution in [2.75, 3.05) is 6.54 Å². The average Bonchev–Trinajstić information content (AvgIpc) is 2.69. The van der Waals surface area contributed by atoms with Gasteiger partial charge in [-0.2, -0.15) is 4.31 Å². The molecule has 0 spiro atoms. The SMILES string of the molecule is C[C@@H](NC(=O)[C@H]1CCCCN1S(=O)(=O)c1ccccc1)c1ccccc1. The molecule has 1 aliphatic heterocycles. The van der Waals surface area contributed by atoms with Gasteiger partial charge >= 0.3 is 0 Å². The molecule has 2 atom stereocenters. The van der Waals surface area contributed by atoms with Gasteiger partial charge in [0.2, 0.25) is 15.9 Å². The molecule has 6 heteroatoms. The molecule has 0 radical (unpaired) electrons. The molecule has 2 aromatic carbocycles. The van der Waals surface area contributed by atoms with Gasteiger partial charge in [-0.05, 0) is 37.5 Å². The average molecular weight is 372 g/mol. The maximum absolute atomic E-state index is 13.0. The van der Waals surface area contributed by atoms with Gasteiger partial charge < -0.3 is 5.32 Å². The third-order valence-corrected chi connectivity index (χ3v) is 6.69. The van der Waals surface area contributed by atoms with Gasteiger partial charge in [-0.1, -0.05) is 55.0 Å². The molecule has 138 valence electrons. The van der Waals surface area contributed by atoms with E-state index in [0.29, 0.717) is 13.0 Å². The lowest BCUT2D eigenvalue weighted by Gasteiger charge is -2.34. The van der Waals surface area contributed by atoms with Crippen LogP contribution in [0.3, 0.4) is 0 Å². The van der Waals surface area contributed by atoms with Gasteiger partial charge in [0.15, 0.2) is 0 Å². The Balaban J connectivity index is 1.79. The molecule has 1 saturated heterocycles. The first kappa shape index (κ1) is 18.6. The minimum atomic E-state index is -3.68. The van der Waals surface area contributed by atoms with Gasteiger partial charge in [-0.3, -0.25) is 4.79 Å². The third kappa shape index (κ3) is 3.97. The standard InChI is InChI=1S/C20H24N2O3S/c1-16(17-10-4-2-5-11-17)21-20(23)19-14-8-9-15-22(19)26(24,25)18-12-6-3-7-13-18/h2-7,10-13,16,19H,8-9,14-15H2,1H3,(H,21,23)/t16-,19-/m1/s1. The molecule has 5 nitrogen and oxygen atoms in total. The van der Waals surface area contributed by atoms with Crippen molar-refractivity contribution in [1.82, 2.24) is 9.62 Å². The lowest BCUT2D eigenvalue weighted by atomic mass is 10.0. The zero-order valence-corrected chi connectivity index (χ0v) is 15.7. The number of hydrogen-bond acceptors (Lipinski definition) is 3. The Morgan fingerprint density at radius 1 is 1.04 bits per heavy atom. The van der Waals surface area contributed by atoms with Crippen molar-refractivity contribution in [2.45, 2.75) is 43.2 Å². The summed E-state index contributed by atoms with van der Waals surface area (Å²) < 4.78 is 27.4. The molecular weight excluding hydrogens is 348 g/mol. The number of nitrogens with one attached hydrogen (secondary N) is 1. The highest BCUT2D eigenvalue weighted by atomic mass is 32.2. The van der Waals surface area contributed by atoms with E-state index in [1.807, 2.05) is 37.3 Å². The number of amides is 1. The van der Waals surface area contributed by atoms with E-state index in [1.165, 1.54) is 4.31 Å². The van der Waals surface area contributed by atoms with Gasteiger partial charge in [0, 0.05) is 6.54 Å². The topological polar surface area (TPSA) is 66.5 Å². The first-order chi connectivity index (χ1) is 12.5. The quantitative estimate of drug-likeness (QED) is 0.877. The number of rotatable bonds is 5. The van der Waals surface area contributed by atoms with E-state index in [2.05, 4.69) is 5.32 Å². The second kappa shape index (κ2) is 8.01. The number of nitrogens with zero attached hydrogens (tertiary/aromatic N) is 1. The van der Waals surface area contributed by atoms with Crippen LogP contribution < -0.4 is 5.32 Å². The fraction of sp³-hybridized carbons (Fsp3) is 0.350. The summed E-state index contributed by atoms with van der Waals surface area (Å²) in [5.41, 5.74) is 0.995. The Kier molecular flexibility index (Phi) is 5.74. The van der Waals surface area contributed by atoms with E-state index in [0.717, 1.165) is 18.4 Å². The molecular formula is C20H24N2O3S. The first-order valence-electron chi connectivity index (χ1n) is 8.92. The number of hydrogen-bond donors (Lipinski definition) is 1. The number of carbonyl (C=O) groups excluding carboxylic acids is 1. The molecule has 1 N–H and O–H groups in total. The highest BCUT2D eigenvalue weighted by molar-refractivity contribution is 7.89. The summed E-state index contributed by atoms with van der Waals surface area (Å²) in [6.45, 7) is 2.28. The Labute approximate surface area is 155 Å². The van der Waals surface area contributed by atoms with E-state index in [1.54, 1.807) is 30.3 Å². The third-order valence-electron chi connectivity index (χ3n) is 4.76. The minimum Gasteiger partial charge on any atom is -0.348 e. The van der Waals surface area contributed by atoms with Crippen LogP contribution in [-0.4, -0.2) is 31.2 Å². The number of piperidine rings is 1. The summed E-state index contributed by atoms with van der Waals surface area (Å²) >= 11 is 0. The van der Waals surface area contributed by atoms with Crippen LogP contribution in [-0.2, 0) is 14.8 Å². The lowest BCUT2D eigenvalue weighted by Crippen LogP contribution is -2.52. The van der Waals surface area contributed by atoms with Crippen LogP contribution in [0.5, 0.6) is 0 Å². The van der Waals surface area contributed by atoms with Gasteiger partial charge in [0.25, 0.3) is 0 Å². The van der Waals surface area contributed by atoms with Crippen LogP contribution in [0.1, 0.15) is 37.8 Å². The van der Waals surface area contributed by atoms with Crippen molar-refractivity contribution >= 4 is 15.9 Å². The molecule has 2 aromatic rings. The van der Waals surface area contributed by atoms with Gasteiger partial charge in [0.05, 0.1) is 10.9 Å². The van der Waals surface area contributed by atoms with Crippen LogP contribution in [0.2, 0.25) is 0 Å². The summed E-state index contributed by atoms with van der Waals surface area (Å²) in [6.07, 6.45) is 2.15. The van der Waals surface area contributed by atoms with E-state index in [4.69, 9.17) is 0 Å². The molecule has 0 saturated carbocycles. The van der Waals surface area contributed by atoms with Crippen LogP contribution in [0.15, 0.2) is 65.6 Å². The van der Waals surface area contributed by atoms with Crippen LogP contribution in [0.4, 0.5) is 0 Å². The summed E-state index contributed by atoms with van der Waals surface area (Å²) in [5, 5.41) is 2.97. The highest BCUT2D eigenvalue weighted by Crippen LogP contribution is 2.26. The number of benzene rings is 2. The highest BCUT2D eigenvalue weighted by Gasteiger charge is 2.37. The van der Waals surface area contributed by atoms with Crippen molar-refractivity contribution in [1.29, 1.82) is 0 Å². The van der Waals surface area contributed by atoms with Crippen molar-refractivity contribution in [3.8, 4) is 0 Å². The lowest BCUT2D eigenvalue weighted by molar-refractivity contribution is -0.126. The summed E-state index contributed by atoms with van der Waals surface area (Å²) in [6, 6.07) is 17.1. The van der Waals surface area contributed by atoms with Crippen molar-refractivity contribution in [3.63, 3.8) is 0 Å². The monoisotopic (exact) mass is 372 g/mol. The molecule has 1 amide bonds. The summed E-state index contributed by atoms with van der Waals surface area (Å²) in [5.74, 6) is -0.236. The predicted octanol–water partition coefficient (Wildman–Crippen LogP) is 3.11. The molecule has 0 aliphatic carbocycles. The molecule has 1 aliphatic rings. The van der Waals surface area contributed by atoms with Crippen LogP contribution in [0.25, 0.3) is 0 Å². The van der Waals surface area contributed by atoms with E-state index < -0.39 is 16.1 Å². The number of carbonyl (C=O) groups is 1. The van der Waals surface area contributed by atoms with Gasteiger partial charge in [-0.25, -0.2) is 8.42 Å². The molecule has 3 rings (SSSR count). The molecule has 0 bridgehead atoms. The van der Waals surface area contributed by atoms with E-state index in [9.17, 15) is 13.2 Å². The van der Waals surface area contributed by atoms with Crippen molar-refractivity contribution in [3.05, 3.63) is 66.2 Å². The second-order valence-corrected chi connectivity index (χ2v) is 8.47. The van der Waals surface area contributed by atoms with E-state index >= 15 is 0 Å². The Morgan fingerprint density at radius 3 is 2.31 bits per heavy atom. The second-order valence-electron chi connectivity index (χ2n) is 6.58. The Hall–Kier alpha value is -2.18. The molecule has 26 heavy (non-hydrogen) atoms. The zero-order valence-electron chi connectivity index (χ0n) is 14.8. The zero-order chi connectivity index (χ0) is 18.6. The van der Waals surface area contributed by atoms with E-state index in [-0.39, 0.29) is 16.8 Å². The van der Waals surface area contributed by atoms with Crippen molar-refractivity contribution < 1.29 is 13.2 Å². The first-order valence-corrected chi connectivity index (χ1v) is 10.4. The largest absolute Gasteiger partial charge is 0.348 e. The maximum Gasteiger partial charge on any atom is 0.243 e. The Morgan fingerprint density at radius 2 is 1.65 bits per heavy atom. The fourth-order valence-electron chi connectivity index (χ4n) is 3.32. The molecule has 0 unspecified atom stereocenters. The number of sulfonamides is 1. The molecule has 1 heterocycles. The van der Waals surface area contributed by atoms with Crippen LogP contribution in [0, 0.1) is 0 Å². The Bertz CT molecular complexity index is 838. The smallest absolute Gasteiger partial charge is 0.243 e. The fourth-order valence-corrected chi connectivity index (χ4v) is 4.99. The summed E-state index contributed by atoms with van der Waals surface area (Å²) in [4.78, 5) is 13.1. The van der Waals surface area contributed by atoms with Crippen molar-refractivity contribution in [2.24, 2.45) is 0 Å². The maximum atomic E-state index is 13.0. The normalized spacial score (nSPS) is 19.7. The predicted molar refractivity (Wildman–Crippen MR) is 101 cm³/mol. The molecule has 1 fully saturated rings. The minimum absolute atomic E-state index is 0.174. The van der Waals surface area contributed by atoms with Gasteiger partial charge in [0.1, 0.15) is 6.04 Å². The molecule has 0 aromatic heterocycles. The van der Waals surface area contributed by atoms with Crippen LogP contribution >= 0.6 is 0 Å². The van der Waals surface area contributed by atoms with Gasteiger partial charge in [-0.15, -0.1) is 0 Å². The summed E-state index contributed by atoms with van der Waals surface area (Å²) in [7, 11) is -3.68.